The summed E-state index contributed by atoms with van der Waals surface area (Å²) in [4.78, 5) is 12.4. The molecule has 2 atom stereocenters. The van der Waals surface area contributed by atoms with Crippen LogP contribution in [0, 0.1) is 0 Å². The third-order valence-corrected chi connectivity index (χ3v) is 4.42. The molecular weight excluding hydrogens is 332 g/mol. The quantitative estimate of drug-likeness (QED) is 0.843. The van der Waals surface area contributed by atoms with E-state index >= 15 is 0 Å². The Bertz CT molecular complexity index is 470. The van der Waals surface area contributed by atoms with E-state index in [0.29, 0.717) is 5.56 Å². The molecular formula is C14H16BrF2NO2. The Labute approximate surface area is 124 Å². The van der Waals surface area contributed by atoms with Gasteiger partial charge in [-0.1, -0.05) is 34.8 Å². The van der Waals surface area contributed by atoms with E-state index in [2.05, 4.69) is 26.0 Å². The SMILES string of the molecule is O=C(NC1CCCCC1Br)c1cccc(OC(F)F)c1. The summed E-state index contributed by atoms with van der Waals surface area (Å²) in [7, 11) is 0. The lowest BCUT2D eigenvalue weighted by atomic mass is 9.95. The van der Waals surface area contributed by atoms with Gasteiger partial charge in [0.15, 0.2) is 0 Å². The topological polar surface area (TPSA) is 38.3 Å². The van der Waals surface area contributed by atoms with Gasteiger partial charge in [-0.15, -0.1) is 0 Å². The maximum atomic E-state index is 12.1. The van der Waals surface area contributed by atoms with Crippen LogP contribution < -0.4 is 10.1 Å². The Morgan fingerprint density at radius 1 is 1.35 bits per heavy atom. The third kappa shape index (κ3) is 4.16. The maximum Gasteiger partial charge on any atom is 0.387 e. The molecule has 0 bridgehead atoms. The minimum absolute atomic E-state index is 0.00770. The number of hydrogen-bond donors (Lipinski definition) is 1. The van der Waals surface area contributed by atoms with Gasteiger partial charge in [-0.2, -0.15) is 8.78 Å². The molecule has 1 aromatic rings. The molecule has 0 radical (unpaired) electrons. The van der Waals surface area contributed by atoms with Crippen molar-refractivity contribution in [2.75, 3.05) is 0 Å². The summed E-state index contributed by atoms with van der Waals surface area (Å²) in [6, 6.07) is 5.92. The van der Waals surface area contributed by atoms with E-state index in [1.807, 2.05) is 0 Å². The van der Waals surface area contributed by atoms with Crippen molar-refractivity contribution in [2.45, 2.75) is 43.2 Å². The van der Waals surface area contributed by atoms with E-state index in [1.54, 1.807) is 6.07 Å². The predicted molar refractivity (Wildman–Crippen MR) is 75.5 cm³/mol. The second-order valence-electron chi connectivity index (χ2n) is 4.79. The zero-order valence-electron chi connectivity index (χ0n) is 10.8. The van der Waals surface area contributed by atoms with Crippen molar-refractivity contribution in [1.82, 2.24) is 5.32 Å². The molecule has 2 unspecified atom stereocenters. The van der Waals surface area contributed by atoms with Crippen LogP contribution in [-0.2, 0) is 0 Å². The molecule has 6 heteroatoms. The summed E-state index contributed by atoms with van der Waals surface area (Å²) < 4.78 is 28.6. The summed E-state index contributed by atoms with van der Waals surface area (Å²) in [5.74, 6) is -0.271. The first kappa shape index (κ1) is 15.2. The lowest BCUT2D eigenvalue weighted by Crippen LogP contribution is -2.42. The first-order valence-electron chi connectivity index (χ1n) is 6.56. The van der Waals surface area contributed by atoms with E-state index in [1.165, 1.54) is 18.2 Å². The molecule has 0 spiro atoms. The van der Waals surface area contributed by atoms with Crippen LogP contribution in [0.25, 0.3) is 0 Å². The van der Waals surface area contributed by atoms with Gasteiger partial charge in [0.2, 0.25) is 0 Å². The first-order chi connectivity index (χ1) is 9.56. The average Bonchev–Trinajstić information content (AvgIpc) is 2.41. The summed E-state index contributed by atoms with van der Waals surface area (Å²) in [6.45, 7) is -2.89. The first-order valence-corrected chi connectivity index (χ1v) is 7.47. The fraction of sp³-hybridized carbons (Fsp3) is 0.500. The molecule has 1 amide bonds. The van der Waals surface area contributed by atoms with Crippen LogP contribution in [0.2, 0.25) is 0 Å². The maximum absolute atomic E-state index is 12.1. The number of alkyl halides is 3. The number of rotatable bonds is 4. The molecule has 1 aromatic carbocycles. The number of amides is 1. The third-order valence-electron chi connectivity index (χ3n) is 3.32. The van der Waals surface area contributed by atoms with Crippen molar-refractivity contribution in [3.63, 3.8) is 0 Å². The molecule has 1 saturated carbocycles. The fourth-order valence-electron chi connectivity index (χ4n) is 2.31. The Kier molecular flexibility index (Phi) is 5.34. The molecule has 20 heavy (non-hydrogen) atoms. The smallest absolute Gasteiger partial charge is 0.387 e. The highest BCUT2D eigenvalue weighted by Crippen LogP contribution is 2.25. The van der Waals surface area contributed by atoms with E-state index in [4.69, 9.17) is 0 Å². The number of carbonyl (C=O) groups is 1. The molecule has 1 fully saturated rings. The van der Waals surface area contributed by atoms with Gasteiger partial charge < -0.3 is 10.1 Å². The van der Waals surface area contributed by atoms with Crippen LogP contribution in [0.15, 0.2) is 24.3 Å². The van der Waals surface area contributed by atoms with Gasteiger partial charge in [0.05, 0.1) is 0 Å². The lowest BCUT2D eigenvalue weighted by molar-refractivity contribution is -0.0498. The van der Waals surface area contributed by atoms with Crippen molar-refractivity contribution in [1.29, 1.82) is 0 Å². The highest BCUT2D eigenvalue weighted by atomic mass is 79.9. The van der Waals surface area contributed by atoms with E-state index < -0.39 is 6.61 Å². The molecule has 0 aliphatic heterocycles. The highest BCUT2D eigenvalue weighted by molar-refractivity contribution is 9.09. The molecule has 3 nitrogen and oxygen atoms in total. The number of benzene rings is 1. The molecule has 110 valence electrons. The Morgan fingerprint density at radius 2 is 2.10 bits per heavy atom. The van der Waals surface area contributed by atoms with E-state index in [9.17, 15) is 13.6 Å². The normalized spacial score (nSPS) is 22.6. The summed E-state index contributed by atoms with van der Waals surface area (Å²) in [5, 5.41) is 2.94. The number of carbonyl (C=O) groups excluding carboxylic acids is 1. The van der Waals surface area contributed by atoms with Gasteiger partial charge >= 0.3 is 6.61 Å². The molecule has 0 aromatic heterocycles. The zero-order valence-corrected chi connectivity index (χ0v) is 12.4. The Morgan fingerprint density at radius 3 is 2.80 bits per heavy atom. The van der Waals surface area contributed by atoms with Gasteiger partial charge in [-0.05, 0) is 31.0 Å². The van der Waals surface area contributed by atoms with Crippen LogP contribution in [-0.4, -0.2) is 23.4 Å². The van der Waals surface area contributed by atoms with E-state index in [0.717, 1.165) is 25.7 Å². The number of halogens is 3. The largest absolute Gasteiger partial charge is 0.435 e. The van der Waals surface area contributed by atoms with Gasteiger partial charge in [0.25, 0.3) is 5.91 Å². The minimum atomic E-state index is -2.89. The zero-order chi connectivity index (χ0) is 14.5. The number of hydrogen-bond acceptors (Lipinski definition) is 2. The van der Waals surface area contributed by atoms with Crippen molar-refractivity contribution < 1.29 is 18.3 Å². The average molecular weight is 348 g/mol. The second-order valence-corrected chi connectivity index (χ2v) is 5.96. The fourth-order valence-corrected chi connectivity index (χ4v) is 3.03. The minimum Gasteiger partial charge on any atom is -0.435 e. The number of nitrogens with one attached hydrogen (secondary N) is 1. The standard InChI is InChI=1S/C14H16BrF2NO2/c15-11-6-1-2-7-12(11)18-13(19)9-4-3-5-10(8-9)20-14(16)17/h3-5,8,11-12,14H,1-2,6-7H2,(H,18,19). The van der Waals surface area contributed by atoms with E-state index in [-0.39, 0.29) is 22.5 Å². The van der Waals surface area contributed by atoms with Gasteiger partial charge in [0.1, 0.15) is 5.75 Å². The van der Waals surface area contributed by atoms with Gasteiger partial charge in [-0.25, -0.2) is 0 Å². The van der Waals surface area contributed by atoms with Crippen molar-refractivity contribution in [3.05, 3.63) is 29.8 Å². The summed E-state index contributed by atoms with van der Waals surface area (Å²) >= 11 is 3.56. The Hall–Kier alpha value is -1.17. The summed E-state index contributed by atoms with van der Waals surface area (Å²) in [5.41, 5.74) is 0.327. The van der Waals surface area contributed by atoms with Crippen LogP contribution in [0.5, 0.6) is 5.75 Å². The van der Waals surface area contributed by atoms with Gasteiger partial charge in [0, 0.05) is 16.4 Å². The van der Waals surface area contributed by atoms with Crippen LogP contribution in [0.1, 0.15) is 36.0 Å². The molecule has 0 saturated heterocycles. The molecule has 1 N–H and O–H groups in total. The van der Waals surface area contributed by atoms with Crippen LogP contribution in [0.3, 0.4) is 0 Å². The lowest BCUT2D eigenvalue weighted by Gasteiger charge is -2.28. The van der Waals surface area contributed by atoms with Crippen LogP contribution >= 0.6 is 15.9 Å². The monoisotopic (exact) mass is 347 g/mol. The van der Waals surface area contributed by atoms with Crippen molar-refractivity contribution in [2.24, 2.45) is 0 Å². The highest BCUT2D eigenvalue weighted by Gasteiger charge is 2.24. The van der Waals surface area contributed by atoms with Crippen molar-refractivity contribution >= 4 is 21.8 Å². The molecule has 2 rings (SSSR count). The van der Waals surface area contributed by atoms with Crippen LogP contribution in [0.4, 0.5) is 8.78 Å². The Balaban J connectivity index is 2.01. The second kappa shape index (κ2) is 7.02. The molecule has 0 heterocycles. The summed E-state index contributed by atoms with van der Waals surface area (Å²) in [6.07, 6.45) is 4.19. The molecule has 1 aliphatic carbocycles. The molecule has 1 aliphatic rings. The van der Waals surface area contributed by atoms with Gasteiger partial charge in [-0.3, -0.25) is 4.79 Å². The van der Waals surface area contributed by atoms with Crippen molar-refractivity contribution in [3.8, 4) is 5.75 Å². The predicted octanol–water partition coefficient (Wildman–Crippen LogP) is 3.72. The number of ether oxygens (including phenoxy) is 1.